The van der Waals surface area contributed by atoms with E-state index in [0.717, 1.165) is 11.3 Å². The molecule has 0 amide bonds. The van der Waals surface area contributed by atoms with Crippen molar-refractivity contribution in [2.75, 3.05) is 18.1 Å². The van der Waals surface area contributed by atoms with Gasteiger partial charge in [-0.25, -0.2) is 0 Å². The van der Waals surface area contributed by atoms with E-state index in [-0.39, 0.29) is 46.1 Å². The largest absolute Gasteiger partial charge is 1.00 e. The molecule has 1 fully saturated rings. The Balaban J connectivity index is 0.00000220. The van der Waals surface area contributed by atoms with Crippen LogP contribution in [0.5, 0.6) is 0 Å². The summed E-state index contributed by atoms with van der Waals surface area (Å²) < 4.78 is 0. The highest BCUT2D eigenvalue weighted by Gasteiger charge is 2.43. The van der Waals surface area contributed by atoms with Gasteiger partial charge in [-0.3, -0.25) is 10.1 Å². The van der Waals surface area contributed by atoms with Gasteiger partial charge in [-0.15, -0.1) is 0 Å². The number of hydrogen-bond acceptors (Lipinski definition) is 5. The third kappa shape index (κ3) is 4.65. The third-order valence-electron chi connectivity index (χ3n) is 3.53. The fourth-order valence-electron chi connectivity index (χ4n) is 2.39. The van der Waals surface area contributed by atoms with Crippen molar-refractivity contribution >= 4 is 16.6 Å². The topological polar surface area (TPSA) is 104 Å². The zero-order valence-electron chi connectivity index (χ0n) is 11.3. The van der Waals surface area contributed by atoms with Crippen molar-refractivity contribution in [1.82, 2.24) is 0 Å². The molecule has 1 aromatic carbocycles. The van der Waals surface area contributed by atoms with E-state index in [0.29, 0.717) is 11.5 Å². The molecule has 6 nitrogen and oxygen atoms in total. The van der Waals surface area contributed by atoms with Crippen molar-refractivity contribution in [3.05, 3.63) is 39.9 Å². The van der Waals surface area contributed by atoms with E-state index in [2.05, 4.69) is 0 Å². The number of benzene rings is 1. The highest BCUT2D eigenvalue weighted by molar-refractivity contribution is 7.96. The molecule has 21 heavy (non-hydrogen) atoms. The SMILES string of the molecule is O=[N+]([O-])c1ccc(C[S+]2C[C@H]([C@H](O)CO)[C@H](O)C2)cc1.[Br-]. The zero-order chi connectivity index (χ0) is 14.7. The van der Waals surface area contributed by atoms with Gasteiger partial charge in [-0.05, 0) is 23.0 Å². The van der Waals surface area contributed by atoms with Crippen molar-refractivity contribution in [1.29, 1.82) is 0 Å². The molecule has 3 N–H and O–H groups in total. The number of aliphatic hydroxyl groups excluding tert-OH is 3. The van der Waals surface area contributed by atoms with Gasteiger partial charge < -0.3 is 32.3 Å². The second-order valence-corrected chi connectivity index (χ2v) is 7.17. The summed E-state index contributed by atoms with van der Waals surface area (Å²) in [5.41, 5.74) is 1.06. The van der Waals surface area contributed by atoms with Gasteiger partial charge in [-0.1, -0.05) is 0 Å². The molecule has 0 aliphatic carbocycles. The highest BCUT2D eigenvalue weighted by atomic mass is 79.9. The van der Waals surface area contributed by atoms with Crippen LogP contribution in [-0.2, 0) is 16.6 Å². The standard InChI is InChI=1S/C13H18NO5S.BrH/c15-5-12(16)11-7-20(8-13(11)17)6-9-1-3-10(4-2-9)14(18)19;/h1-4,11-13,15-17H,5-8H2;1H/q+1;/p-1/t11-,12-,13-,20?;/m1./s1. The van der Waals surface area contributed by atoms with Crippen LogP contribution in [0.2, 0.25) is 0 Å². The molecule has 1 unspecified atom stereocenters. The van der Waals surface area contributed by atoms with Gasteiger partial charge in [0, 0.05) is 17.7 Å². The monoisotopic (exact) mass is 379 g/mol. The average Bonchev–Trinajstić information content (AvgIpc) is 2.79. The smallest absolute Gasteiger partial charge is 0.269 e. The fraction of sp³-hybridized carbons (Fsp3) is 0.538. The lowest BCUT2D eigenvalue weighted by Gasteiger charge is -2.15. The lowest BCUT2D eigenvalue weighted by molar-refractivity contribution is -0.384. The molecule has 1 aliphatic heterocycles. The first-order valence-electron chi connectivity index (χ1n) is 6.35. The van der Waals surface area contributed by atoms with Gasteiger partial charge in [0.15, 0.2) is 0 Å². The zero-order valence-corrected chi connectivity index (χ0v) is 13.7. The van der Waals surface area contributed by atoms with Crippen LogP contribution in [0.15, 0.2) is 24.3 Å². The molecule has 8 heteroatoms. The molecule has 2 rings (SSSR count). The lowest BCUT2D eigenvalue weighted by Crippen LogP contribution is -3.00. The van der Waals surface area contributed by atoms with Crippen LogP contribution in [0.4, 0.5) is 5.69 Å². The highest BCUT2D eigenvalue weighted by Crippen LogP contribution is 2.27. The summed E-state index contributed by atoms with van der Waals surface area (Å²) in [5.74, 6) is 1.75. The Morgan fingerprint density at radius 3 is 2.48 bits per heavy atom. The van der Waals surface area contributed by atoms with Crippen LogP contribution in [-0.4, -0.2) is 50.6 Å². The van der Waals surface area contributed by atoms with Crippen LogP contribution >= 0.6 is 0 Å². The van der Waals surface area contributed by atoms with Crippen molar-refractivity contribution < 1.29 is 37.2 Å². The maximum atomic E-state index is 10.6. The fourth-order valence-corrected chi connectivity index (χ4v) is 5.14. The minimum atomic E-state index is -0.876. The first-order valence-corrected chi connectivity index (χ1v) is 8.09. The van der Waals surface area contributed by atoms with Gasteiger partial charge in [0.1, 0.15) is 23.4 Å². The number of aliphatic hydroxyl groups is 3. The Kier molecular flexibility index (Phi) is 7.08. The van der Waals surface area contributed by atoms with E-state index in [1.807, 2.05) is 0 Å². The molecule has 1 saturated heterocycles. The lowest BCUT2D eigenvalue weighted by atomic mass is 10.0. The van der Waals surface area contributed by atoms with E-state index in [9.17, 15) is 20.3 Å². The Labute approximate surface area is 136 Å². The summed E-state index contributed by atoms with van der Waals surface area (Å²) in [6.45, 7) is -0.337. The predicted octanol–water partition coefficient (Wildman–Crippen LogP) is -2.94. The van der Waals surface area contributed by atoms with Crippen molar-refractivity contribution in [3.8, 4) is 0 Å². The van der Waals surface area contributed by atoms with Gasteiger partial charge in [-0.2, -0.15) is 0 Å². The van der Waals surface area contributed by atoms with Crippen molar-refractivity contribution in [2.24, 2.45) is 5.92 Å². The maximum absolute atomic E-state index is 10.6. The summed E-state index contributed by atoms with van der Waals surface area (Å²) in [5, 5.41) is 39.1. The van der Waals surface area contributed by atoms with Gasteiger partial charge >= 0.3 is 0 Å². The number of non-ortho nitro benzene ring substituents is 1. The normalized spacial score (nSPS) is 26.1. The van der Waals surface area contributed by atoms with E-state index >= 15 is 0 Å². The van der Waals surface area contributed by atoms with E-state index in [1.54, 1.807) is 12.1 Å². The van der Waals surface area contributed by atoms with Gasteiger partial charge in [0.25, 0.3) is 5.69 Å². The molecular weight excluding hydrogens is 362 g/mol. The Morgan fingerprint density at radius 1 is 1.33 bits per heavy atom. The number of halogens is 1. The Hall–Kier alpha value is -0.670. The number of nitrogens with zero attached hydrogens (tertiary/aromatic N) is 1. The quantitative estimate of drug-likeness (QED) is 0.288. The summed E-state index contributed by atoms with van der Waals surface area (Å²) in [4.78, 5) is 10.1. The Bertz CT molecular complexity index is 472. The number of nitro groups is 1. The maximum Gasteiger partial charge on any atom is 0.269 e. The molecule has 0 aromatic heterocycles. The average molecular weight is 380 g/mol. The Morgan fingerprint density at radius 2 is 1.95 bits per heavy atom. The predicted molar refractivity (Wildman–Crippen MR) is 76.5 cm³/mol. The van der Waals surface area contributed by atoms with E-state index in [4.69, 9.17) is 5.11 Å². The number of nitro benzene ring substituents is 1. The first kappa shape index (κ1) is 18.4. The molecule has 4 atom stereocenters. The summed E-state index contributed by atoms with van der Waals surface area (Å²) >= 11 is 0. The van der Waals surface area contributed by atoms with Crippen molar-refractivity contribution in [2.45, 2.75) is 18.0 Å². The summed E-state index contributed by atoms with van der Waals surface area (Å²) in [6.07, 6.45) is -1.46. The van der Waals surface area contributed by atoms with Crippen LogP contribution in [0.3, 0.4) is 0 Å². The van der Waals surface area contributed by atoms with Crippen LogP contribution in [0.1, 0.15) is 5.56 Å². The van der Waals surface area contributed by atoms with Gasteiger partial charge in [0.2, 0.25) is 0 Å². The number of hydrogen-bond donors (Lipinski definition) is 3. The molecule has 0 bridgehead atoms. The van der Waals surface area contributed by atoms with Crippen molar-refractivity contribution in [3.63, 3.8) is 0 Å². The van der Waals surface area contributed by atoms with Gasteiger partial charge in [0.05, 0.1) is 23.6 Å². The van der Waals surface area contributed by atoms with E-state index < -0.39 is 17.1 Å². The van der Waals surface area contributed by atoms with Crippen LogP contribution < -0.4 is 17.0 Å². The van der Waals surface area contributed by atoms with Crippen LogP contribution in [0, 0.1) is 16.0 Å². The second-order valence-electron chi connectivity index (χ2n) is 4.99. The molecule has 0 spiro atoms. The minimum absolute atomic E-state index is 0. The molecule has 0 saturated carbocycles. The molecule has 1 aromatic rings. The minimum Gasteiger partial charge on any atom is -1.00 e. The van der Waals surface area contributed by atoms with Crippen LogP contribution in [0.25, 0.3) is 0 Å². The molecule has 1 aliphatic rings. The number of rotatable bonds is 5. The van der Waals surface area contributed by atoms with E-state index in [1.165, 1.54) is 12.1 Å². The second kappa shape index (κ2) is 8.09. The third-order valence-corrected chi connectivity index (χ3v) is 5.94. The summed E-state index contributed by atoms with van der Waals surface area (Å²) in [7, 11) is -0.0689. The first-order chi connectivity index (χ1) is 9.51. The molecule has 0 radical (unpaired) electrons. The molecular formula is C13H18BrNO5S. The summed E-state index contributed by atoms with van der Waals surface area (Å²) in [6, 6.07) is 6.41. The molecule has 118 valence electrons. The molecule has 1 heterocycles.